The van der Waals surface area contributed by atoms with Crippen molar-refractivity contribution in [2.24, 2.45) is 0 Å². The number of benzene rings is 2. The highest BCUT2D eigenvalue weighted by molar-refractivity contribution is 6.33. The molecule has 0 fully saturated rings. The van der Waals surface area contributed by atoms with Crippen molar-refractivity contribution in [3.05, 3.63) is 87.1 Å². The van der Waals surface area contributed by atoms with Gasteiger partial charge in [-0.25, -0.2) is 9.78 Å². The Bertz CT molecular complexity index is 1430. The number of aliphatic hydroxyl groups is 1. The van der Waals surface area contributed by atoms with Crippen molar-refractivity contribution in [1.29, 1.82) is 5.26 Å². The summed E-state index contributed by atoms with van der Waals surface area (Å²) in [4.78, 5) is 29.8. The Morgan fingerprint density at radius 1 is 1.27 bits per heavy atom. The minimum absolute atomic E-state index is 0.0727. The number of nitro groups is 1. The monoisotopic (exact) mass is 464 g/mol. The van der Waals surface area contributed by atoms with Crippen molar-refractivity contribution < 1.29 is 24.0 Å². The number of nitrogens with zero attached hydrogens (tertiary/aromatic N) is 3. The number of furan rings is 1. The molecule has 2 heterocycles. The van der Waals surface area contributed by atoms with Crippen molar-refractivity contribution in [1.82, 2.24) is 9.97 Å². The van der Waals surface area contributed by atoms with E-state index in [2.05, 4.69) is 9.97 Å². The first-order valence-corrected chi connectivity index (χ1v) is 9.73. The van der Waals surface area contributed by atoms with Crippen LogP contribution >= 0.6 is 11.6 Å². The van der Waals surface area contributed by atoms with Crippen LogP contribution in [0.2, 0.25) is 5.02 Å². The summed E-state index contributed by atoms with van der Waals surface area (Å²) >= 11 is 6.08. The largest absolute Gasteiger partial charge is 0.507 e. The third-order valence-corrected chi connectivity index (χ3v) is 4.92. The molecule has 0 unspecified atom stereocenters. The lowest BCUT2D eigenvalue weighted by Crippen LogP contribution is -2.08. The molecule has 0 saturated carbocycles. The highest BCUT2D eigenvalue weighted by Gasteiger charge is 2.19. The standard InChI is InChI=1S/C22H13ClN4O6/c23-15-9-12(27(30)31)5-6-13(15)19-7-8-20(33-19)22(29)32-11-18(28)14(10-24)21-25-16-3-1-2-4-17(16)26-21/h1-9,28H,11H2,(H,25,26)/b18-14-. The molecule has 0 aliphatic heterocycles. The summed E-state index contributed by atoms with van der Waals surface area (Å²) in [5.74, 6) is -1.24. The van der Waals surface area contributed by atoms with E-state index in [1.807, 2.05) is 6.07 Å². The van der Waals surface area contributed by atoms with E-state index in [9.17, 15) is 25.3 Å². The molecule has 0 aliphatic carbocycles. The first-order chi connectivity index (χ1) is 15.9. The normalized spacial score (nSPS) is 11.6. The molecule has 2 aromatic heterocycles. The number of fused-ring (bicyclic) bond motifs is 1. The van der Waals surface area contributed by atoms with Gasteiger partial charge in [-0.15, -0.1) is 0 Å². The minimum Gasteiger partial charge on any atom is -0.507 e. The summed E-state index contributed by atoms with van der Waals surface area (Å²) in [5.41, 5.74) is 1.28. The first kappa shape index (κ1) is 21.6. The molecule has 0 radical (unpaired) electrons. The molecule has 0 atom stereocenters. The fourth-order valence-corrected chi connectivity index (χ4v) is 3.28. The SMILES string of the molecule is N#C/C(=C(/O)COC(=O)c1ccc(-c2ccc([N+](=O)[O-])cc2Cl)o1)c1nc2ccccc2[nH]1. The van der Waals surface area contributed by atoms with Gasteiger partial charge < -0.3 is 19.2 Å². The van der Waals surface area contributed by atoms with Crippen molar-refractivity contribution in [2.75, 3.05) is 6.61 Å². The summed E-state index contributed by atoms with van der Waals surface area (Å²) in [6.07, 6.45) is 0. The molecule has 4 aromatic rings. The number of nitriles is 1. The van der Waals surface area contributed by atoms with Crippen molar-refractivity contribution in [2.45, 2.75) is 0 Å². The lowest BCUT2D eigenvalue weighted by Gasteiger charge is -2.04. The quantitative estimate of drug-likeness (QED) is 0.132. The van der Waals surface area contributed by atoms with Gasteiger partial charge in [0.1, 0.15) is 17.4 Å². The summed E-state index contributed by atoms with van der Waals surface area (Å²) in [6.45, 7) is -0.590. The Morgan fingerprint density at radius 3 is 2.76 bits per heavy atom. The number of aromatic nitrogens is 2. The van der Waals surface area contributed by atoms with Gasteiger partial charge in [-0.05, 0) is 30.3 Å². The molecule has 10 nitrogen and oxygen atoms in total. The second-order valence-corrected chi connectivity index (χ2v) is 7.10. The van der Waals surface area contributed by atoms with E-state index >= 15 is 0 Å². The Labute approximate surface area is 190 Å². The van der Waals surface area contributed by atoms with Crippen LogP contribution < -0.4 is 0 Å². The number of para-hydroxylation sites is 2. The van der Waals surface area contributed by atoms with E-state index < -0.39 is 23.3 Å². The van der Waals surface area contributed by atoms with Crippen LogP contribution in [0.1, 0.15) is 16.4 Å². The van der Waals surface area contributed by atoms with Gasteiger partial charge in [0.25, 0.3) is 5.69 Å². The molecule has 0 bridgehead atoms. The number of aliphatic hydroxyl groups excluding tert-OH is 1. The number of H-pyrrole nitrogens is 1. The Hall–Kier alpha value is -4.62. The van der Waals surface area contributed by atoms with Gasteiger partial charge in [-0.2, -0.15) is 5.26 Å². The average molecular weight is 465 g/mol. The maximum atomic E-state index is 12.3. The predicted octanol–water partition coefficient (Wildman–Crippen LogP) is 5.03. The van der Waals surface area contributed by atoms with E-state index in [0.717, 1.165) is 0 Å². The van der Waals surface area contributed by atoms with Gasteiger partial charge in [0.05, 0.1) is 21.0 Å². The van der Waals surface area contributed by atoms with Crippen LogP contribution in [0.4, 0.5) is 5.69 Å². The maximum absolute atomic E-state index is 12.3. The number of rotatable bonds is 6. The van der Waals surface area contributed by atoms with Crippen LogP contribution in [0.15, 0.2) is 64.8 Å². The van der Waals surface area contributed by atoms with Gasteiger partial charge in [0, 0.05) is 17.7 Å². The highest BCUT2D eigenvalue weighted by Crippen LogP contribution is 2.32. The molecule has 164 valence electrons. The summed E-state index contributed by atoms with van der Waals surface area (Å²) < 4.78 is 10.5. The van der Waals surface area contributed by atoms with E-state index in [1.165, 1.54) is 30.3 Å². The minimum atomic E-state index is -0.896. The van der Waals surface area contributed by atoms with Crippen molar-refractivity contribution in [3.8, 4) is 17.4 Å². The fourth-order valence-electron chi connectivity index (χ4n) is 3.01. The third-order valence-electron chi connectivity index (χ3n) is 4.60. The number of carbonyl (C=O) groups is 1. The van der Waals surface area contributed by atoms with Gasteiger partial charge in [0.2, 0.25) is 5.76 Å². The number of hydrogen-bond acceptors (Lipinski definition) is 8. The highest BCUT2D eigenvalue weighted by atomic mass is 35.5. The molecule has 2 aromatic carbocycles. The molecule has 0 aliphatic rings. The molecule has 33 heavy (non-hydrogen) atoms. The molecule has 0 spiro atoms. The van der Waals surface area contributed by atoms with Crippen LogP contribution in [0.5, 0.6) is 0 Å². The fraction of sp³-hybridized carbons (Fsp3) is 0.0455. The molecule has 11 heteroatoms. The summed E-state index contributed by atoms with van der Waals surface area (Å²) in [6, 6.07) is 15.5. The topological polar surface area (TPSA) is 155 Å². The van der Waals surface area contributed by atoms with Crippen LogP contribution in [0, 0.1) is 21.4 Å². The average Bonchev–Trinajstić information content (AvgIpc) is 3.45. The summed E-state index contributed by atoms with van der Waals surface area (Å²) in [5, 5.41) is 30.6. The zero-order valence-corrected chi connectivity index (χ0v) is 17.4. The number of hydrogen-bond donors (Lipinski definition) is 2. The van der Waals surface area contributed by atoms with Crippen LogP contribution in [-0.4, -0.2) is 32.6 Å². The zero-order chi connectivity index (χ0) is 23.5. The Morgan fingerprint density at radius 2 is 2.06 bits per heavy atom. The van der Waals surface area contributed by atoms with Crippen LogP contribution in [0.3, 0.4) is 0 Å². The van der Waals surface area contributed by atoms with Gasteiger partial charge in [0.15, 0.2) is 18.2 Å². The molecule has 2 N–H and O–H groups in total. The molecule has 0 saturated heterocycles. The number of nitrogens with one attached hydrogen (secondary N) is 1. The molecule has 4 rings (SSSR count). The van der Waals surface area contributed by atoms with E-state index in [0.29, 0.717) is 16.6 Å². The lowest BCUT2D eigenvalue weighted by molar-refractivity contribution is -0.384. The molecule has 0 amide bonds. The number of esters is 1. The second-order valence-electron chi connectivity index (χ2n) is 6.70. The van der Waals surface area contributed by atoms with E-state index in [4.69, 9.17) is 20.8 Å². The van der Waals surface area contributed by atoms with Gasteiger partial charge in [-0.3, -0.25) is 10.1 Å². The summed E-state index contributed by atoms with van der Waals surface area (Å²) in [7, 11) is 0. The number of non-ortho nitro benzene ring substituents is 1. The van der Waals surface area contributed by atoms with E-state index in [1.54, 1.807) is 24.3 Å². The first-order valence-electron chi connectivity index (χ1n) is 9.36. The number of aromatic amines is 1. The third kappa shape index (κ3) is 4.39. The van der Waals surface area contributed by atoms with Crippen LogP contribution in [0.25, 0.3) is 27.9 Å². The van der Waals surface area contributed by atoms with Crippen molar-refractivity contribution >= 4 is 39.9 Å². The second kappa shape index (κ2) is 8.86. The number of nitro benzene ring substituents is 1. The number of carbonyl (C=O) groups excluding carboxylic acids is 1. The number of ether oxygens (including phenoxy) is 1. The zero-order valence-electron chi connectivity index (χ0n) is 16.6. The smallest absolute Gasteiger partial charge is 0.374 e. The number of allylic oxidation sites excluding steroid dienone is 1. The van der Waals surface area contributed by atoms with E-state index in [-0.39, 0.29) is 33.6 Å². The number of imidazole rings is 1. The molecular formula is C22H13ClN4O6. The lowest BCUT2D eigenvalue weighted by atomic mass is 10.1. The van der Waals surface area contributed by atoms with Crippen molar-refractivity contribution in [3.63, 3.8) is 0 Å². The van der Waals surface area contributed by atoms with Crippen LogP contribution in [-0.2, 0) is 4.74 Å². The Balaban J connectivity index is 1.49. The Kier molecular flexibility index (Phi) is 5.80. The van der Waals surface area contributed by atoms with Gasteiger partial charge >= 0.3 is 5.97 Å². The number of halogens is 1. The predicted molar refractivity (Wildman–Crippen MR) is 117 cm³/mol. The molecular weight excluding hydrogens is 452 g/mol. The maximum Gasteiger partial charge on any atom is 0.374 e. The van der Waals surface area contributed by atoms with Gasteiger partial charge in [-0.1, -0.05) is 23.7 Å².